The molecule has 2 aromatic carbocycles. The Morgan fingerprint density at radius 2 is 1.86 bits per heavy atom. The number of nitrogens with zero attached hydrogens (tertiary/aromatic N) is 5. The van der Waals surface area contributed by atoms with E-state index >= 15 is 0 Å². The second kappa shape index (κ2) is 7.36. The molecule has 29 heavy (non-hydrogen) atoms. The van der Waals surface area contributed by atoms with Crippen molar-refractivity contribution in [1.82, 2.24) is 29.7 Å². The van der Waals surface area contributed by atoms with E-state index in [0.29, 0.717) is 39.4 Å². The Morgan fingerprint density at radius 1 is 1.03 bits per heavy atom. The molecule has 0 radical (unpaired) electrons. The molecular weight excluding hydrogens is 388 g/mol. The Bertz CT molecular complexity index is 1330. The lowest BCUT2D eigenvalue weighted by Gasteiger charge is -2.09. The minimum Gasteiger partial charge on any atom is -0.440 e. The van der Waals surface area contributed by atoms with Crippen molar-refractivity contribution in [3.05, 3.63) is 83.4 Å². The van der Waals surface area contributed by atoms with Crippen LogP contribution in [0, 0.1) is 0 Å². The molecule has 8 nitrogen and oxygen atoms in total. The molecular formula is C20H14N6O2S. The second-order valence-corrected chi connectivity index (χ2v) is 7.08. The average Bonchev–Trinajstić information content (AvgIpc) is 3.45. The number of oxazole rings is 1. The minimum absolute atomic E-state index is 0.216. The number of aromatic nitrogens is 6. The lowest BCUT2D eigenvalue weighted by atomic mass is 10.2. The molecule has 0 bridgehead atoms. The fraction of sp³-hybridized carbons (Fsp3) is 0.0500. The Morgan fingerprint density at radius 3 is 2.69 bits per heavy atom. The number of benzene rings is 2. The zero-order chi connectivity index (χ0) is 19.6. The monoisotopic (exact) mass is 402 g/mol. The van der Waals surface area contributed by atoms with E-state index in [0.717, 1.165) is 5.56 Å². The van der Waals surface area contributed by atoms with Crippen LogP contribution in [0.4, 0.5) is 0 Å². The lowest BCUT2D eigenvalue weighted by Crippen LogP contribution is -2.22. The number of thioether (sulfide) groups is 1. The van der Waals surface area contributed by atoms with Gasteiger partial charge in [0.15, 0.2) is 10.9 Å². The maximum Gasteiger partial charge on any atom is 0.269 e. The second-order valence-electron chi connectivity index (χ2n) is 6.13. The van der Waals surface area contributed by atoms with Gasteiger partial charge in [0.2, 0.25) is 11.8 Å². The molecule has 142 valence electrons. The molecule has 0 aliphatic carbocycles. The van der Waals surface area contributed by atoms with E-state index < -0.39 is 0 Å². The van der Waals surface area contributed by atoms with Crippen LogP contribution < -0.4 is 5.56 Å². The fourth-order valence-corrected chi connectivity index (χ4v) is 3.79. The van der Waals surface area contributed by atoms with Crippen LogP contribution in [0.2, 0.25) is 0 Å². The average molecular weight is 402 g/mol. The zero-order valence-corrected chi connectivity index (χ0v) is 15.8. The predicted octanol–water partition coefficient (Wildman–Crippen LogP) is 3.45. The maximum atomic E-state index is 13.0. The molecule has 0 aliphatic heterocycles. The van der Waals surface area contributed by atoms with E-state index in [1.54, 1.807) is 18.3 Å². The fourth-order valence-electron chi connectivity index (χ4n) is 2.94. The number of hydrogen-bond acceptors (Lipinski definition) is 7. The molecule has 3 heterocycles. The van der Waals surface area contributed by atoms with Crippen molar-refractivity contribution in [1.29, 1.82) is 0 Å². The Kier molecular flexibility index (Phi) is 4.41. The van der Waals surface area contributed by atoms with E-state index in [-0.39, 0.29) is 5.56 Å². The molecule has 0 amide bonds. The van der Waals surface area contributed by atoms with Crippen molar-refractivity contribution in [3.8, 4) is 17.3 Å². The first kappa shape index (κ1) is 17.4. The third-order valence-electron chi connectivity index (χ3n) is 4.30. The summed E-state index contributed by atoms with van der Waals surface area (Å²) < 4.78 is 7.27. The molecule has 9 heteroatoms. The molecule has 0 spiro atoms. The van der Waals surface area contributed by atoms with E-state index in [2.05, 4.69) is 25.1 Å². The summed E-state index contributed by atoms with van der Waals surface area (Å²) in [5.74, 6) is 1.96. The van der Waals surface area contributed by atoms with Gasteiger partial charge >= 0.3 is 0 Å². The van der Waals surface area contributed by atoms with Gasteiger partial charge in [0, 0.05) is 5.56 Å². The number of H-pyrrole nitrogens is 1. The van der Waals surface area contributed by atoms with Crippen molar-refractivity contribution in [2.75, 3.05) is 0 Å². The van der Waals surface area contributed by atoms with Crippen LogP contribution in [-0.2, 0) is 5.75 Å². The van der Waals surface area contributed by atoms with E-state index in [1.807, 2.05) is 42.5 Å². The Labute approximate surface area is 168 Å². The summed E-state index contributed by atoms with van der Waals surface area (Å²) in [5, 5.41) is 7.57. The summed E-state index contributed by atoms with van der Waals surface area (Å²) in [6.45, 7) is 0. The van der Waals surface area contributed by atoms with Gasteiger partial charge in [-0.25, -0.2) is 19.6 Å². The summed E-state index contributed by atoms with van der Waals surface area (Å²) in [7, 11) is 0. The van der Waals surface area contributed by atoms with Crippen LogP contribution >= 0.6 is 11.8 Å². The number of rotatable bonds is 5. The minimum atomic E-state index is -0.216. The molecule has 0 fully saturated rings. The SMILES string of the molecule is O=c1c2ccccc2nc(SCc2ncc(-c3ccccc3)o2)n1-c1ncn[nH]1. The van der Waals surface area contributed by atoms with Gasteiger partial charge in [0.1, 0.15) is 6.33 Å². The first-order valence-electron chi connectivity index (χ1n) is 8.80. The molecule has 0 atom stereocenters. The van der Waals surface area contributed by atoms with Gasteiger partial charge in [-0.05, 0) is 12.1 Å². The van der Waals surface area contributed by atoms with E-state index in [1.165, 1.54) is 22.7 Å². The number of hydrogen-bond donors (Lipinski definition) is 1. The maximum absolute atomic E-state index is 13.0. The highest BCUT2D eigenvalue weighted by Crippen LogP contribution is 2.26. The first-order valence-corrected chi connectivity index (χ1v) is 9.78. The van der Waals surface area contributed by atoms with Gasteiger partial charge in [-0.2, -0.15) is 10.1 Å². The van der Waals surface area contributed by atoms with E-state index in [4.69, 9.17) is 4.42 Å². The molecule has 0 aliphatic rings. The van der Waals surface area contributed by atoms with Crippen LogP contribution in [0.5, 0.6) is 0 Å². The zero-order valence-electron chi connectivity index (χ0n) is 15.0. The Hall–Kier alpha value is -3.72. The number of fused-ring (bicyclic) bond motifs is 1. The summed E-state index contributed by atoms with van der Waals surface area (Å²) >= 11 is 1.34. The van der Waals surface area contributed by atoms with Gasteiger partial charge in [0.05, 0.1) is 22.9 Å². The molecule has 3 aromatic heterocycles. The Balaban J connectivity index is 1.50. The molecule has 5 aromatic rings. The molecule has 0 saturated carbocycles. The van der Waals surface area contributed by atoms with Crippen LogP contribution in [0.15, 0.2) is 81.5 Å². The molecule has 0 saturated heterocycles. The highest BCUT2D eigenvalue weighted by atomic mass is 32.2. The summed E-state index contributed by atoms with van der Waals surface area (Å²) in [5.41, 5.74) is 1.36. The number of nitrogens with one attached hydrogen (secondary N) is 1. The molecule has 5 rings (SSSR count). The first-order chi connectivity index (χ1) is 14.3. The van der Waals surface area contributed by atoms with Gasteiger partial charge < -0.3 is 4.42 Å². The van der Waals surface area contributed by atoms with Gasteiger partial charge in [-0.1, -0.05) is 54.2 Å². The van der Waals surface area contributed by atoms with Gasteiger partial charge in [-0.3, -0.25) is 4.79 Å². The van der Waals surface area contributed by atoms with Crippen LogP contribution in [0.3, 0.4) is 0 Å². The molecule has 1 N–H and O–H groups in total. The van der Waals surface area contributed by atoms with Crippen molar-refractivity contribution in [2.45, 2.75) is 10.9 Å². The predicted molar refractivity (Wildman–Crippen MR) is 109 cm³/mol. The third-order valence-corrected chi connectivity index (χ3v) is 5.22. The van der Waals surface area contributed by atoms with Crippen molar-refractivity contribution in [3.63, 3.8) is 0 Å². The quantitative estimate of drug-likeness (QED) is 0.355. The number of aromatic amines is 1. The van der Waals surface area contributed by atoms with Crippen LogP contribution in [-0.4, -0.2) is 29.7 Å². The third kappa shape index (κ3) is 3.32. The highest BCUT2D eigenvalue weighted by molar-refractivity contribution is 7.98. The van der Waals surface area contributed by atoms with Gasteiger partial charge in [0.25, 0.3) is 5.56 Å². The standard InChI is InChI=1S/C20H14N6O2S/c27-18-14-8-4-5-9-15(14)24-20(26(18)19-22-12-23-25-19)29-11-17-21-10-16(28-17)13-6-2-1-3-7-13/h1-10,12H,11H2,(H,22,23,25). The molecule has 0 unspecified atom stereocenters. The largest absolute Gasteiger partial charge is 0.440 e. The van der Waals surface area contributed by atoms with Crippen LogP contribution in [0.1, 0.15) is 5.89 Å². The van der Waals surface area contributed by atoms with E-state index in [9.17, 15) is 4.79 Å². The van der Waals surface area contributed by atoms with Crippen molar-refractivity contribution >= 4 is 22.7 Å². The van der Waals surface area contributed by atoms with Crippen molar-refractivity contribution < 1.29 is 4.42 Å². The summed E-state index contributed by atoms with van der Waals surface area (Å²) in [4.78, 5) is 26.1. The van der Waals surface area contributed by atoms with Crippen LogP contribution in [0.25, 0.3) is 28.2 Å². The van der Waals surface area contributed by atoms with Crippen molar-refractivity contribution in [2.24, 2.45) is 0 Å². The smallest absolute Gasteiger partial charge is 0.269 e. The summed E-state index contributed by atoms with van der Waals surface area (Å²) in [6, 6.07) is 17.0. The normalized spacial score (nSPS) is 11.2. The summed E-state index contributed by atoms with van der Waals surface area (Å²) in [6.07, 6.45) is 3.05. The van der Waals surface area contributed by atoms with Gasteiger partial charge in [-0.15, -0.1) is 0 Å². The topological polar surface area (TPSA) is 102 Å². The highest BCUT2D eigenvalue weighted by Gasteiger charge is 2.16. The number of para-hydroxylation sites is 1. The lowest BCUT2D eigenvalue weighted by molar-refractivity contribution is 0.529.